The summed E-state index contributed by atoms with van der Waals surface area (Å²) >= 11 is 3.08. The molecule has 2 rings (SSSR count). The second kappa shape index (κ2) is 5.68. The lowest BCUT2D eigenvalue weighted by Crippen LogP contribution is -2.38. The van der Waals surface area contributed by atoms with Crippen molar-refractivity contribution >= 4 is 31.7 Å². The predicted octanol–water partition coefficient (Wildman–Crippen LogP) is 2.38. The first-order chi connectivity index (χ1) is 8.88. The molecule has 7 heteroatoms. The Labute approximate surface area is 119 Å². The van der Waals surface area contributed by atoms with Gasteiger partial charge in [0.15, 0.2) is 0 Å². The molecule has 0 heterocycles. The van der Waals surface area contributed by atoms with E-state index in [4.69, 9.17) is 0 Å². The number of rotatable bonds is 3. The number of sulfonamides is 1. The fourth-order valence-electron chi connectivity index (χ4n) is 2.03. The van der Waals surface area contributed by atoms with Crippen LogP contribution in [-0.2, 0) is 14.8 Å². The van der Waals surface area contributed by atoms with Crippen molar-refractivity contribution in [3.63, 3.8) is 0 Å². The molecule has 0 atom stereocenters. The first kappa shape index (κ1) is 14.6. The third-order valence-corrected chi connectivity index (χ3v) is 5.10. The minimum atomic E-state index is -3.88. The number of benzene rings is 1. The number of carbonyl (C=O) groups is 1. The molecule has 1 aliphatic rings. The van der Waals surface area contributed by atoms with E-state index in [0.29, 0.717) is 30.2 Å². The second-order valence-electron chi connectivity index (χ2n) is 4.51. The lowest BCUT2D eigenvalue weighted by molar-refractivity contribution is -0.120. The van der Waals surface area contributed by atoms with Crippen molar-refractivity contribution in [3.05, 3.63) is 28.5 Å². The van der Waals surface area contributed by atoms with E-state index in [9.17, 15) is 17.6 Å². The average Bonchev–Trinajstić information content (AvgIpc) is 2.31. The maximum Gasteiger partial charge on any atom is 0.243 e. The summed E-state index contributed by atoms with van der Waals surface area (Å²) in [6.07, 6.45) is 1.68. The molecule has 1 fully saturated rings. The van der Waals surface area contributed by atoms with E-state index in [2.05, 4.69) is 20.7 Å². The van der Waals surface area contributed by atoms with Crippen LogP contribution >= 0.6 is 15.9 Å². The van der Waals surface area contributed by atoms with Crippen molar-refractivity contribution in [1.29, 1.82) is 0 Å². The number of carbonyl (C=O) groups excluding carboxylic acids is 1. The summed E-state index contributed by atoms with van der Waals surface area (Å²) in [7, 11) is -3.88. The summed E-state index contributed by atoms with van der Waals surface area (Å²) in [5.41, 5.74) is 0. The van der Waals surface area contributed by atoms with E-state index >= 15 is 0 Å². The first-order valence-corrected chi connectivity index (χ1v) is 8.15. The molecule has 1 aromatic carbocycles. The second-order valence-corrected chi connectivity index (χ2v) is 7.11. The SMILES string of the molecule is O=C1CCC(NS(=O)(=O)c2ccc(Br)cc2F)CC1. The van der Waals surface area contributed by atoms with Crippen LogP contribution in [0, 0.1) is 5.82 Å². The molecule has 1 N–H and O–H groups in total. The minimum Gasteiger partial charge on any atom is -0.300 e. The third-order valence-electron chi connectivity index (χ3n) is 3.05. The molecule has 1 aromatic rings. The Hall–Kier alpha value is -0.790. The Kier molecular flexibility index (Phi) is 4.37. The molecule has 1 saturated carbocycles. The van der Waals surface area contributed by atoms with Gasteiger partial charge in [-0.3, -0.25) is 4.79 Å². The Morgan fingerprint density at radius 2 is 1.89 bits per heavy atom. The Morgan fingerprint density at radius 3 is 2.47 bits per heavy atom. The Morgan fingerprint density at radius 1 is 1.26 bits per heavy atom. The number of Topliss-reactive ketones (excluding diaryl/α,β-unsaturated/α-hetero) is 1. The summed E-state index contributed by atoms with van der Waals surface area (Å²) in [5.74, 6) is -0.654. The highest BCUT2D eigenvalue weighted by atomic mass is 79.9. The van der Waals surface area contributed by atoms with Crippen LogP contribution in [0.25, 0.3) is 0 Å². The molecule has 1 aliphatic carbocycles. The highest BCUT2D eigenvalue weighted by Gasteiger charge is 2.26. The average molecular weight is 350 g/mol. The molecule has 0 aromatic heterocycles. The van der Waals surface area contributed by atoms with Crippen LogP contribution in [0.15, 0.2) is 27.6 Å². The van der Waals surface area contributed by atoms with Gasteiger partial charge >= 0.3 is 0 Å². The van der Waals surface area contributed by atoms with E-state index in [1.165, 1.54) is 12.1 Å². The van der Waals surface area contributed by atoms with Crippen LogP contribution in [0.3, 0.4) is 0 Å². The van der Waals surface area contributed by atoms with Crippen LogP contribution in [0.5, 0.6) is 0 Å². The lowest BCUT2D eigenvalue weighted by Gasteiger charge is -2.22. The summed E-state index contributed by atoms with van der Waals surface area (Å²) in [6.45, 7) is 0. The van der Waals surface area contributed by atoms with Gasteiger partial charge in [-0.1, -0.05) is 15.9 Å². The van der Waals surface area contributed by atoms with Crippen molar-refractivity contribution in [1.82, 2.24) is 4.72 Å². The smallest absolute Gasteiger partial charge is 0.243 e. The van der Waals surface area contributed by atoms with Crippen LogP contribution in [0.4, 0.5) is 4.39 Å². The summed E-state index contributed by atoms with van der Waals surface area (Å²) in [4.78, 5) is 10.7. The summed E-state index contributed by atoms with van der Waals surface area (Å²) in [5, 5.41) is 0. The highest BCUT2D eigenvalue weighted by molar-refractivity contribution is 9.10. The van der Waals surface area contributed by atoms with Crippen LogP contribution in [0.1, 0.15) is 25.7 Å². The zero-order valence-electron chi connectivity index (χ0n) is 10.0. The van der Waals surface area contributed by atoms with E-state index in [0.717, 1.165) is 6.07 Å². The van der Waals surface area contributed by atoms with Gasteiger partial charge < -0.3 is 0 Å². The maximum atomic E-state index is 13.7. The van der Waals surface area contributed by atoms with Gasteiger partial charge in [-0.05, 0) is 31.0 Å². The van der Waals surface area contributed by atoms with Crippen molar-refractivity contribution in [3.8, 4) is 0 Å². The molecule has 19 heavy (non-hydrogen) atoms. The van der Waals surface area contributed by atoms with Crippen LogP contribution in [0.2, 0.25) is 0 Å². The minimum absolute atomic E-state index is 0.144. The fourth-order valence-corrected chi connectivity index (χ4v) is 3.73. The predicted molar refractivity (Wildman–Crippen MR) is 71.7 cm³/mol. The molecular formula is C12H13BrFNO3S. The van der Waals surface area contributed by atoms with Crippen LogP contribution in [-0.4, -0.2) is 20.2 Å². The quantitative estimate of drug-likeness (QED) is 0.911. The first-order valence-electron chi connectivity index (χ1n) is 5.87. The van der Waals surface area contributed by atoms with Crippen molar-refractivity contribution in [2.24, 2.45) is 0 Å². The van der Waals surface area contributed by atoms with Gasteiger partial charge in [-0.25, -0.2) is 17.5 Å². The Bertz CT molecular complexity index is 593. The number of halogens is 2. The molecule has 0 amide bonds. The van der Waals surface area contributed by atoms with E-state index in [-0.39, 0.29) is 16.7 Å². The van der Waals surface area contributed by atoms with E-state index in [1.807, 2.05) is 0 Å². The lowest BCUT2D eigenvalue weighted by atomic mass is 9.95. The Balaban J connectivity index is 2.16. The fraction of sp³-hybridized carbons (Fsp3) is 0.417. The maximum absolute atomic E-state index is 13.7. The van der Waals surface area contributed by atoms with E-state index in [1.54, 1.807) is 0 Å². The molecule has 0 spiro atoms. The van der Waals surface area contributed by atoms with Gasteiger partial charge in [-0.2, -0.15) is 0 Å². The molecular weight excluding hydrogens is 337 g/mol. The summed E-state index contributed by atoms with van der Waals surface area (Å²) in [6, 6.07) is 3.50. The van der Waals surface area contributed by atoms with Crippen molar-refractivity contribution < 1.29 is 17.6 Å². The van der Waals surface area contributed by atoms with Crippen molar-refractivity contribution in [2.75, 3.05) is 0 Å². The van der Waals surface area contributed by atoms with Gasteiger partial charge in [-0.15, -0.1) is 0 Å². The van der Waals surface area contributed by atoms with Crippen LogP contribution < -0.4 is 4.72 Å². The number of hydrogen-bond acceptors (Lipinski definition) is 3. The molecule has 104 valence electrons. The molecule has 0 unspecified atom stereocenters. The zero-order chi connectivity index (χ0) is 14.0. The molecule has 0 bridgehead atoms. The molecule has 4 nitrogen and oxygen atoms in total. The highest BCUT2D eigenvalue weighted by Crippen LogP contribution is 2.22. The number of hydrogen-bond donors (Lipinski definition) is 1. The largest absolute Gasteiger partial charge is 0.300 e. The van der Waals surface area contributed by atoms with Crippen molar-refractivity contribution in [2.45, 2.75) is 36.6 Å². The number of nitrogens with one attached hydrogen (secondary N) is 1. The zero-order valence-corrected chi connectivity index (χ0v) is 12.4. The standard InChI is InChI=1S/C12H13BrFNO3S/c13-8-1-6-12(11(14)7-8)19(17,18)15-9-2-4-10(16)5-3-9/h1,6-7,9,15H,2-5H2. The topological polar surface area (TPSA) is 63.2 Å². The monoisotopic (exact) mass is 349 g/mol. The van der Waals surface area contributed by atoms with Gasteiger partial charge in [0, 0.05) is 23.4 Å². The molecule has 0 radical (unpaired) electrons. The van der Waals surface area contributed by atoms with E-state index < -0.39 is 15.8 Å². The summed E-state index contributed by atoms with van der Waals surface area (Å²) < 4.78 is 40.7. The van der Waals surface area contributed by atoms with Gasteiger partial charge in [0.1, 0.15) is 16.5 Å². The number of ketones is 1. The molecule has 0 saturated heterocycles. The van der Waals surface area contributed by atoms with Gasteiger partial charge in [0.2, 0.25) is 10.0 Å². The van der Waals surface area contributed by atoms with Gasteiger partial charge in [0.25, 0.3) is 0 Å². The normalized spacial score (nSPS) is 17.7. The van der Waals surface area contributed by atoms with Gasteiger partial charge in [0.05, 0.1) is 0 Å². The third kappa shape index (κ3) is 3.61. The molecule has 0 aliphatic heterocycles.